The van der Waals surface area contributed by atoms with Crippen LogP contribution in [0, 0.1) is 0 Å². The molecule has 0 aliphatic carbocycles. The maximum atomic E-state index is 11.7. The first-order chi connectivity index (χ1) is 12.1. The second kappa shape index (κ2) is 6.19. The van der Waals surface area contributed by atoms with Crippen LogP contribution < -0.4 is 4.74 Å². The van der Waals surface area contributed by atoms with Gasteiger partial charge in [0.25, 0.3) is 0 Å². The number of carbonyl (C=O) groups is 1. The van der Waals surface area contributed by atoms with Crippen LogP contribution in [0.4, 0.5) is 4.79 Å². The molecule has 2 aliphatic rings. The predicted molar refractivity (Wildman–Crippen MR) is 94.6 cm³/mol. The number of rotatable bonds is 4. The Bertz CT molecular complexity index is 810. The number of aromatic nitrogens is 1. The largest absolute Gasteiger partial charge is 0.494 e. The van der Waals surface area contributed by atoms with Crippen LogP contribution in [0.2, 0.25) is 0 Å². The molecule has 1 atom stereocenters. The van der Waals surface area contributed by atoms with E-state index in [9.17, 15) is 4.79 Å². The van der Waals surface area contributed by atoms with Crippen molar-refractivity contribution in [1.29, 1.82) is 0 Å². The number of fused-ring (bicyclic) bond motifs is 1. The van der Waals surface area contributed by atoms with Gasteiger partial charge in [0.1, 0.15) is 11.4 Å². The zero-order valence-electron chi connectivity index (χ0n) is 14.7. The number of hydrogen-bond donors (Lipinski definition) is 0. The first kappa shape index (κ1) is 16.1. The minimum Gasteiger partial charge on any atom is -0.494 e. The highest BCUT2D eigenvalue weighted by atomic mass is 16.6. The van der Waals surface area contributed by atoms with Crippen molar-refractivity contribution in [3.8, 4) is 5.75 Å². The Morgan fingerprint density at radius 1 is 1.28 bits per heavy atom. The van der Waals surface area contributed by atoms with Crippen molar-refractivity contribution < 1.29 is 14.3 Å². The lowest BCUT2D eigenvalue weighted by atomic mass is 10.0. The van der Waals surface area contributed by atoms with Gasteiger partial charge in [-0.25, -0.2) is 4.79 Å². The first-order valence-electron chi connectivity index (χ1n) is 8.76. The molecule has 3 heterocycles. The van der Waals surface area contributed by atoms with Gasteiger partial charge in [-0.1, -0.05) is 6.07 Å². The lowest BCUT2D eigenvalue weighted by Gasteiger charge is -2.21. The van der Waals surface area contributed by atoms with Crippen LogP contribution in [0.1, 0.15) is 19.0 Å². The van der Waals surface area contributed by atoms with Gasteiger partial charge in [-0.3, -0.25) is 9.88 Å². The number of nitrogens with zero attached hydrogens (tertiary/aromatic N) is 3. The van der Waals surface area contributed by atoms with E-state index in [2.05, 4.69) is 17.0 Å². The Balaban J connectivity index is 1.46. The third-order valence-electron chi connectivity index (χ3n) is 4.95. The van der Waals surface area contributed by atoms with E-state index in [1.807, 2.05) is 25.1 Å². The van der Waals surface area contributed by atoms with Gasteiger partial charge in [-0.15, -0.1) is 0 Å². The predicted octanol–water partition coefficient (Wildman–Crippen LogP) is 2.66. The minimum atomic E-state index is -0.338. The maximum absolute atomic E-state index is 11.7. The van der Waals surface area contributed by atoms with Crippen LogP contribution in [-0.4, -0.2) is 59.8 Å². The van der Waals surface area contributed by atoms with Gasteiger partial charge >= 0.3 is 6.09 Å². The lowest BCUT2D eigenvalue weighted by Crippen LogP contribution is -2.37. The molecular formula is C19H23N3O3. The van der Waals surface area contributed by atoms with Crippen LogP contribution in [0.25, 0.3) is 10.9 Å². The Labute approximate surface area is 147 Å². The highest BCUT2D eigenvalue weighted by Gasteiger charge is 2.48. The number of ether oxygens (including phenoxy) is 2. The van der Waals surface area contributed by atoms with Crippen molar-refractivity contribution in [3.63, 3.8) is 0 Å². The molecule has 2 fully saturated rings. The fraction of sp³-hybridized carbons (Fsp3) is 0.474. The highest BCUT2D eigenvalue weighted by molar-refractivity contribution is 5.80. The van der Waals surface area contributed by atoms with Crippen LogP contribution in [0.15, 0.2) is 30.3 Å². The van der Waals surface area contributed by atoms with Crippen LogP contribution in [-0.2, 0) is 11.3 Å². The first-order valence-corrected chi connectivity index (χ1v) is 8.76. The molecule has 0 saturated carbocycles. The number of likely N-dealkylation sites (tertiary alicyclic amines) is 1. The van der Waals surface area contributed by atoms with Gasteiger partial charge in [0.2, 0.25) is 0 Å². The summed E-state index contributed by atoms with van der Waals surface area (Å²) in [6, 6.07) is 10.1. The second-order valence-electron chi connectivity index (χ2n) is 6.96. The smallest absolute Gasteiger partial charge is 0.410 e. The summed E-state index contributed by atoms with van der Waals surface area (Å²) in [6.07, 6.45) is 0.671. The fourth-order valence-corrected chi connectivity index (χ4v) is 3.79. The minimum absolute atomic E-state index is 0.212. The van der Waals surface area contributed by atoms with Gasteiger partial charge in [-0.2, -0.15) is 0 Å². The molecule has 6 heteroatoms. The summed E-state index contributed by atoms with van der Waals surface area (Å²) in [5.41, 5.74) is 1.67. The zero-order valence-corrected chi connectivity index (χ0v) is 14.7. The standard InChI is InChI=1S/C19H23N3O3/c1-3-24-16-6-7-17-14(10-16)4-5-15(20-17)11-22-9-8-19(13-22)12-21(2)18(23)25-19/h4-7,10H,3,8-9,11-13H2,1-2H3/t19-/m1/s1. The molecule has 2 aromatic rings. The van der Waals surface area contributed by atoms with Crippen LogP contribution in [0.3, 0.4) is 0 Å². The number of likely N-dealkylation sites (N-methyl/N-ethyl adjacent to an activating group) is 1. The molecule has 6 nitrogen and oxygen atoms in total. The average Bonchev–Trinajstić information content (AvgIpc) is 3.10. The molecule has 1 aromatic carbocycles. The van der Waals surface area contributed by atoms with E-state index >= 15 is 0 Å². The van der Waals surface area contributed by atoms with E-state index in [0.717, 1.165) is 48.4 Å². The van der Waals surface area contributed by atoms with Gasteiger partial charge in [0, 0.05) is 38.5 Å². The molecule has 1 amide bonds. The summed E-state index contributed by atoms with van der Waals surface area (Å²) >= 11 is 0. The van der Waals surface area contributed by atoms with E-state index in [4.69, 9.17) is 14.5 Å². The summed E-state index contributed by atoms with van der Waals surface area (Å²) < 4.78 is 11.1. The third kappa shape index (κ3) is 3.14. The highest BCUT2D eigenvalue weighted by Crippen LogP contribution is 2.32. The number of pyridine rings is 1. The summed E-state index contributed by atoms with van der Waals surface area (Å²) in [7, 11) is 1.79. The molecule has 4 rings (SSSR count). The molecule has 0 radical (unpaired) electrons. The zero-order chi connectivity index (χ0) is 17.4. The lowest BCUT2D eigenvalue weighted by molar-refractivity contribution is 0.0626. The number of hydrogen-bond acceptors (Lipinski definition) is 5. The van der Waals surface area contributed by atoms with E-state index in [1.54, 1.807) is 11.9 Å². The summed E-state index contributed by atoms with van der Waals surface area (Å²) in [4.78, 5) is 20.4. The number of carbonyl (C=O) groups excluding carboxylic acids is 1. The third-order valence-corrected chi connectivity index (χ3v) is 4.95. The van der Waals surface area contributed by atoms with Crippen molar-refractivity contribution in [2.24, 2.45) is 0 Å². The molecule has 2 aliphatic heterocycles. The number of benzene rings is 1. The molecule has 2 saturated heterocycles. The van der Waals surface area contributed by atoms with E-state index in [1.165, 1.54) is 0 Å². The van der Waals surface area contributed by atoms with Crippen molar-refractivity contribution in [1.82, 2.24) is 14.8 Å². The van der Waals surface area contributed by atoms with E-state index < -0.39 is 0 Å². The molecular weight excluding hydrogens is 318 g/mol. The quantitative estimate of drug-likeness (QED) is 0.856. The molecule has 1 aromatic heterocycles. The van der Waals surface area contributed by atoms with Crippen molar-refractivity contribution >= 4 is 17.0 Å². The molecule has 0 N–H and O–H groups in total. The molecule has 0 bridgehead atoms. The van der Waals surface area contributed by atoms with E-state index in [-0.39, 0.29) is 11.7 Å². The normalized spacial score (nSPS) is 23.6. The van der Waals surface area contributed by atoms with Crippen molar-refractivity contribution in [2.45, 2.75) is 25.5 Å². The molecule has 1 spiro atoms. The van der Waals surface area contributed by atoms with Gasteiger partial charge < -0.3 is 14.4 Å². The van der Waals surface area contributed by atoms with Crippen molar-refractivity contribution in [2.75, 3.05) is 33.3 Å². The molecule has 25 heavy (non-hydrogen) atoms. The Morgan fingerprint density at radius 2 is 2.16 bits per heavy atom. The van der Waals surface area contributed by atoms with Crippen LogP contribution >= 0.6 is 0 Å². The van der Waals surface area contributed by atoms with E-state index in [0.29, 0.717) is 13.2 Å². The molecule has 0 unspecified atom stereocenters. The van der Waals surface area contributed by atoms with Gasteiger partial charge in [0.05, 0.1) is 24.4 Å². The van der Waals surface area contributed by atoms with Gasteiger partial charge in [0.15, 0.2) is 0 Å². The summed E-state index contributed by atoms with van der Waals surface area (Å²) in [5.74, 6) is 0.873. The SMILES string of the molecule is CCOc1ccc2nc(CN3CC[C@]4(C3)CN(C)C(=O)O4)ccc2c1. The van der Waals surface area contributed by atoms with Crippen molar-refractivity contribution in [3.05, 3.63) is 36.0 Å². The Kier molecular flexibility index (Phi) is 4.00. The molecule has 132 valence electrons. The van der Waals surface area contributed by atoms with Gasteiger partial charge in [-0.05, 0) is 31.2 Å². The maximum Gasteiger partial charge on any atom is 0.410 e. The summed E-state index contributed by atoms with van der Waals surface area (Å²) in [6.45, 7) is 5.78. The summed E-state index contributed by atoms with van der Waals surface area (Å²) in [5, 5.41) is 1.08. The Hall–Kier alpha value is -2.34. The van der Waals surface area contributed by atoms with Crippen LogP contribution in [0.5, 0.6) is 5.75 Å². The fourth-order valence-electron chi connectivity index (χ4n) is 3.79. The number of amides is 1. The topological polar surface area (TPSA) is 54.9 Å². The monoisotopic (exact) mass is 341 g/mol. The Morgan fingerprint density at radius 3 is 2.92 bits per heavy atom. The average molecular weight is 341 g/mol. The second-order valence-corrected chi connectivity index (χ2v) is 6.96.